The number of aromatic amines is 1. The molecule has 0 unspecified atom stereocenters. The van der Waals surface area contributed by atoms with Crippen LogP contribution >= 0.6 is 0 Å². The number of rotatable bonds is 5. The number of nitrogens with two attached hydrogens (primary N) is 1. The Balaban J connectivity index is 1.40. The molecular weight excluding hydrogens is 396 g/mol. The normalized spacial score (nSPS) is 12.8. The SMILES string of the molecule is Cn1cc(C(=O)c2cncc(N(N)C(=O)Cc3n[nH]c4c3CCC4)c2)c2cncnc21. The first-order valence-electron chi connectivity index (χ1n) is 9.90. The van der Waals surface area contributed by atoms with Gasteiger partial charge in [-0.2, -0.15) is 5.10 Å². The number of carbonyl (C=O) groups excluding carboxylic acids is 2. The molecule has 4 aromatic heterocycles. The molecule has 0 atom stereocenters. The van der Waals surface area contributed by atoms with E-state index in [1.54, 1.807) is 23.0 Å². The number of H-pyrrole nitrogens is 1. The fraction of sp³-hybridized carbons (Fsp3) is 0.238. The first kappa shape index (κ1) is 19.1. The Labute approximate surface area is 177 Å². The molecule has 0 aromatic carbocycles. The van der Waals surface area contributed by atoms with Gasteiger partial charge in [0.25, 0.3) is 0 Å². The van der Waals surface area contributed by atoms with Gasteiger partial charge in [0.2, 0.25) is 5.91 Å². The summed E-state index contributed by atoms with van der Waals surface area (Å²) in [4.78, 5) is 38.2. The van der Waals surface area contributed by atoms with E-state index in [-0.39, 0.29) is 18.1 Å². The van der Waals surface area contributed by atoms with Gasteiger partial charge in [0.05, 0.1) is 29.6 Å². The lowest BCUT2D eigenvalue weighted by Crippen LogP contribution is -2.39. The van der Waals surface area contributed by atoms with Crippen LogP contribution in [0.2, 0.25) is 0 Å². The van der Waals surface area contributed by atoms with Crippen molar-refractivity contribution in [2.45, 2.75) is 25.7 Å². The molecule has 156 valence electrons. The maximum absolute atomic E-state index is 13.1. The van der Waals surface area contributed by atoms with Gasteiger partial charge in [-0.15, -0.1) is 0 Å². The number of ketones is 1. The van der Waals surface area contributed by atoms with Gasteiger partial charge in [-0.25, -0.2) is 20.8 Å². The highest BCUT2D eigenvalue weighted by atomic mass is 16.2. The molecule has 4 heterocycles. The van der Waals surface area contributed by atoms with E-state index >= 15 is 0 Å². The van der Waals surface area contributed by atoms with Gasteiger partial charge >= 0.3 is 0 Å². The van der Waals surface area contributed by atoms with Gasteiger partial charge in [0.1, 0.15) is 12.0 Å². The maximum atomic E-state index is 13.1. The monoisotopic (exact) mass is 416 g/mol. The van der Waals surface area contributed by atoms with E-state index in [9.17, 15) is 9.59 Å². The number of anilines is 1. The van der Waals surface area contributed by atoms with E-state index in [0.29, 0.717) is 27.8 Å². The molecule has 1 aliphatic carbocycles. The minimum absolute atomic E-state index is 0.0845. The minimum Gasteiger partial charge on any atom is -0.335 e. The molecule has 5 rings (SSSR count). The van der Waals surface area contributed by atoms with Crippen LogP contribution in [0.25, 0.3) is 11.0 Å². The van der Waals surface area contributed by atoms with Gasteiger partial charge in [0.15, 0.2) is 5.78 Å². The average Bonchev–Trinajstić information content (AvgIpc) is 3.49. The molecule has 0 saturated carbocycles. The van der Waals surface area contributed by atoms with Gasteiger partial charge in [-0.05, 0) is 30.9 Å². The fourth-order valence-electron chi connectivity index (χ4n) is 4.05. The molecule has 1 aliphatic rings. The molecule has 0 aliphatic heterocycles. The van der Waals surface area contributed by atoms with Crippen LogP contribution in [0.3, 0.4) is 0 Å². The van der Waals surface area contributed by atoms with Crippen LogP contribution in [-0.4, -0.2) is 41.4 Å². The average molecular weight is 416 g/mol. The van der Waals surface area contributed by atoms with Crippen LogP contribution in [0, 0.1) is 0 Å². The Bertz CT molecular complexity index is 1320. The van der Waals surface area contributed by atoms with Crippen LogP contribution in [0.1, 0.15) is 39.3 Å². The van der Waals surface area contributed by atoms with Crippen LogP contribution in [0.4, 0.5) is 5.69 Å². The topological polar surface area (TPSA) is 136 Å². The van der Waals surface area contributed by atoms with E-state index in [1.807, 2.05) is 7.05 Å². The van der Waals surface area contributed by atoms with E-state index < -0.39 is 0 Å². The largest absolute Gasteiger partial charge is 0.335 e. The first-order chi connectivity index (χ1) is 15.0. The summed E-state index contributed by atoms with van der Waals surface area (Å²) in [6.45, 7) is 0. The lowest BCUT2D eigenvalue weighted by molar-refractivity contribution is -0.118. The van der Waals surface area contributed by atoms with Gasteiger partial charge in [-0.1, -0.05) is 0 Å². The minimum atomic E-state index is -0.328. The molecule has 10 nitrogen and oxygen atoms in total. The van der Waals surface area contributed by atoms with Crippen molar-refractivity contribution in [3.63, 3.8) is 0 Å². The van der Waals surface area contributed by atoms with Crippen molar-refractivity contribution in [2.75, 3.05) is 5.01 Å². The van der Waals surface area contributed by atoms with Crippen molar-refractivity contribution in [2.24, 2.45) is 12.9 Å². The Morgan fingerprint density at radius 3 is 2.97 bits per heavy atom. The Morgan fingerprint density at radius 2 is 2.10 bits per heavy atom. The molecule has 0 bridgehead atoms. The lowest BCUT2D eigenvalue weighted by Gasteiger charge is -2.16. The Hall–Kier alpha value is -3.92. The summed E-state index contributed by atoms with van der Waals surface area (Å²) in [5.41, 5.74) is 4.70. The third-order valence-corrected chi connectivity index (χ3v) is 5.63. The predicted octanol–water partition coefficient (Wildman–Crippen LogP) is 1.26. The third kappa shape index (κ3) is 3.26. The van der Waals surface area contributed by atoms with E-state index in [1.165, 1.54) is 18.7 Å². The number of nitrogens with one attached hydrogen (secondary N) is 1. The molecule has 0 fully saturated rings. The van der Waals surface area contributed by atoms with Crippen LogP contribution in [-0.2, 0) is 31.1 Å². The first-order valence-corrected chi connectivity index (χ1v) is 9.90. The van der Waals surface area contributed by atoms with Gasteiger partial charge in [0, 0.05) is 42.3 Å². The highest BCUT2D eigenvalue weighted by Gasteiger charge is 2.23. The Kier molecular flexibility index (Phi) is 4.55. The van der Waals surface area contributed by atoms with Crippen LogP contribution in [0.5, 0.6) is 0 Å². The number of fused-ring (bicyclic) bond motifs is 2. The highest BCUT2D eigenvalue weighted by Crippen LogP contribution is 2.25. The summed E-state index contributed by atoms with van der Waals surface area (Å²) in [6, 6.07) is 1.56. The Morgan fingerprint density at radius 1 is 1.23 bits per heavy atom. The second-order valence-corrected chi connectivity index (χ2v) is 7.60. The molecule has 0 radical (unpaired) electrons. The summed E-state index contributed by atoms with van der Waals surface area (Å²) >= 11 is 0. The zero-order chi connectivity index (χ0) is 21.5. The summed E-state index contributed by atoms with van der Waals surface area (Å²) in [7, 11) is 1.81. The number of pyridine rings is 1. The second kappa shape index (κ2) is 7.40. The molecule has 4 aromatic rings. The lowest BCUT2D eigenvalue weighted by atomic mass is 10.1. The summed E-state index contributed by atoms with van der Waals surface area (Å²) in [5.74, 6) is 5.50. The zero-order valence-corrected chi connectivity index (χ0v) is 16.9. The molecule has 0 saturated heterocycles. The number of hydrogen-bond donors (Lipinski definition) is 2. The quantitative estimate of drug-likeness (QED) is 0.216. The molecule has 3 N–H and O–H groups in total. The molecular formula is C21H20N8O2. The summed E-state index contributed by atoms with van der Waals surface area (Å²) < 4.78 is 1.77. The van der Waals surface area contributed by atoms with Crippen molar-refractivity contribution in [3.8, 4) is 0 Å². The van der Waals surface area contributed by atoms with Gasteiger partial charge in [-0.3, -0.25) is 19.7 Å². The fourth-order valence-corrected chi connectivity index (χ4v) is 4.05. The number of nitrogens with zero attached hydrogens (tertiary/aromatic N) is 6. The number of aryl methyl sites for hydroxylation is 2. The van der Waals surface area contributed by atoms with E-state index in [2.05, 4.69) is 25.1 Å². The molecule has 0 spiro atoms. The number of aromatic nitrogens is 6. The smallest absolute Gasteiger partial charge is 0.247 e. The van der Waals surface area contributed by atoms with E-state index in [4.69, 9.17) is 5.84 Å². The van der Waals surface area contributed by atoms with Crippen molar-refractivity contribution < 1.29 is 9.59 Å². The number of hydrazine groups is 1. The van der Waals surface area contributed by atoms with E-state index in [0.717, 1.165) is 41.2 Å². The summed E-state index contributed by atoms with van der Waals surface area (Å²) in [5, 5.41) is 8.92. The predicted molar refractivity (Wildman–Crippen MR) is 112 cm³/mol. The van der Waals surface area contributed by atoms with Crippen molar-refractivity contribution in [1.29, 1.82) is 0 Å². The standard InChI is InChI=1S/C21H20N8O2/c1-28-10-16(15-9-24-11-25-21(15)28)20(31)12-5-13(8-23-7-12)29(22)19(30)6-18-14-3-2-4-17(14)26-27-18/h5,7-11H,2-4,6,22H2,1H3,(H,26,27). The van der Waals surface area contributed by atoms with Crippen LogP contribution < -0.4 is 10.9 Å². The van der Waals surface area contributed by atoms with Gasteiger partial charge < -0.3 is 4.57 Å². The summed E-state index contributed by atoms with van der Waals surface area (Å²) in [6.07, 6.45) is 10.7. The van der Waals surface area contributed by atoms with Crippen molar-refractivity contribution in [1.82, 2.24) is 29.7 Å². The molecule has 31 heavy (non-hydrogen) atoms. The second-order valence-electron chi connectivity index (χ2n) is 7.60. The van der Waals surface area contributed by atoms with Crippen LogP contribution in [0.15, 0.2) is 37.2 Å². The highest BCUT2D eigenvalue weighted by molar-refractivity contribution is 6.16. The number of hydrogen-bond acceptors (Lipinski definition) is 7. The number of carbonyl (C=O) groups is 2. The number of amides is 1. The molecule has 10 heteroatoms. The maximum Gasteiger partial charge on any atom is 0.247 e. The zero-order valence-electron chi connectivity index (χ0n) is 16.9. The third-order valence-electron chi connectivity index (χ3n) is 5.63. The van der Waals surface area contributed by atoms with Crippen molar-refractivity contribution in [3.05, 3.63) is 65.3 Å². The molecule has 1 amide bonds. The van der Waals surface area contributed by atoms with Crippen molar-refractivity contribution >= 4 is 28.4 Å².